The first-order chi connectivity index (χ1) is 15.9. The molecule has 1 aromatic rings. The van der Waals surface area contributed by atoms with Gasteiger partial charge < -0.3 is 20.5 Å². The van der Waals surface area contributed by atoms with Crippen molar-refractivity contribution in [2.45, 2.75) is 64.5 Å². The third kappa shape index (κ3) is 8.09. The number of hydrogen-bond donors (Lipinski definition) is 3. The Hall–Kier alpha value is -2.45. The van der Waals surface area contributed by atoms with Crippen LogP contribution in [0.25, 0.3) is 0 Å². The minimum atomic E-state index is -1.41. The van der Waals surface area contributed by atoms with E-state index < -0.39 is 29.4 Å². The molecular weight excluding hydrogens is 460 g/mol. The highest BCUT2D eigenvalue weighted by atomic mass is 35.5. The van der Waals surface area contributed by atoms with Crippen LogP contribution in [0.5, 0.6) is 0 Å². The first kappa shape index (κ1) is 27.8. The number of amides is 2. The summed E-state index contributed by atoms with van der Waals surface area (Å²) in [5.41, 5.74) is -0.860. The van der Waals surface area contributed by atoms with Crippen LogP contribution >= 0.6 is 11.6 Å². The summed E-state index contributed by atoms with van der Waals surface area (Å²) < 4.78 is 4.83. The summed E-state index contributed by atoms with van der Waals surface area (Å²) in [4.78, 5) is 50.3. The maximum atomic E-state index is 13.1. The zero-order valence-corrected chi connectivity index (χ0v) is 21.0. The fourth-order valence-corrected chi connectivity index (χ4v) is 4.42. The third-order valence-electron chi connectivity index (χ3n) is 6.09. The van der Waals surface area contributed by atoms with Crippen molar-refractivity contribution in [1.29, 1.82) is 0 Å². The average Bonchev–Trinajstić information content (AvgIpc) is 3.16. The zero-order chi connectivity index (χ0) is 25.5. The Bertz CT molecular complexity index is 884. The van der Waals surface area contributed by atoms with Crippen molar-refractivity contribution in [3.05, 3.63) is 34.9 Å². The molecule has 9 heteroatoms. The van der Waals surface area contributed by atoms with Crippen molar-refractivity contribution in [2.75, 3.05) is 13.7 Å². The van der Waals surface area contributed by atoms with Gasteiger partial charge in [-0.2, -0.15) is 0 Å². The molecule has 1 fully saturated rings. The molecule has 1 saturated heterocycles. The number of rotatable bonds is 12. The van der Waals surface area contributed by atoms with E-state index in [0.29, 0.717) is 30.0 Å². The predicted molar refractivity (Wildman–Crippen MR) is 128 cm³/mol. The minimum Gasteiger partial charge on any atom is -0.467 e. The van der Waals surface area contributed by atoms with Crippen molar-refractivity contribution in [3.8, 4) is 0 Å². The van der Waals surface area contributed by atoms with Crippen LogP contribution in [0.15, 0.2) is 24.3 Å². The van der Waals surface area contributed by atoms with E-state index >= 15 is 0 Å². The van der Waals surface area contributed by atoms with Gasteiger partial charge in [0.05, 0.1) is 12.7 Å². The molecular formula is C25H35ClN2O6. The number of halogens is 1. The summed E-state index contributed by atoms with van der Waals surface area (Å²) in [6.45, 7) is 5.96. The lowest BCUT2D eigenvalue weighted by Crippen LogP contribution is -2.46. The van der Waals surface area contributed by atoms with Crippen LogP contribution < -0.4 is 10.6 Å². The molecule has 34 heavy (non-hydrogen) atoms. The maximum Gasteiger partial charge on any atom is 0.328 e. The van der Waals surface area contributed by atoms with Gasteiger partial charge in [0.15, 0.2) is 0 Å². The van der Waals surface area contributed by atoms with Gasteiger partial charge in [-0.1, -0.05) is 37.6 Å². The van der Waals surface area contributed by atoms with Gasteiger partial charge in [-0.15, -0.1) is 0 Å². The molecule has 2 amide bonds. The Morgan fingerprint density at radius 1 is 1.26 bits per heavy atom. The van der Waals surface area contributed by atoms with E-state index in [0.717, 1.165) is 0 Å². The number of esters is 1. The van der Waals surface area contributed by atoms with Crippen molar-refractivity contribution in [2.24, 2.45) is 17.8 Å². The van der Waals surface area contributed by atoms with Crippen molar-refractivity contribution in [1.82, 2.24) is 10.6 Å². The second-order valence-corrected chi connectivity index (χ2v) is 10.1. The normalized spacial score (nSPS) is 19.1. The highest BCUT2D eigenvalue weighted by Crippen LogP contribution is 2.28. The van der Waals surface area contributed by atoms with Gasteiger partial charge >= 0.3 is 5.97 Å². The number of ether oxygens (including phenoxy) is 1. The monoisotopic (exact) mass is 494 g/mol. The minimum absolute atomic E-state index is 0.0778. The van der Waals surface area contributed by atoms with Crippen molar-refractivity contribution in [3.63, 3.8) is 0 Å². The Kier molecular flexibility index (Phi) is 10.1. The summed E-state index contributed by atoms with van der Waals surface area (Å²) in [6, 6.07) is 5.63. The predicted octanol–water partition coefficient (Wildman–Crippen LogP) is 2.74. The molecule has 1 aliphatic heterocycles. The Labute approximate surface area is 205 Å². The third-order valence-corrected chi connectivity index (χ3v) is 6.35. The van der Waals surface area contributed by atoms with Crippen LogP contribution in [0.2, 0.25) is 5.02 Å². The van der Waals surface area contributed by atoms with Gasteiger partial charge in [0.2, 0.25) is 11.8 Å². The van der Waals surface area contributed by atoms with Crippen LogP contribution in [0, 0.1) is 17.8 Å². The summed E-state index contributed by atoms with van der Waals surface area (Å²) in [6.07, 6.45) is 0.900. The SMILES string of the molecule is COC(=O)[C@H](C[C@@H]1CCNC1=O)NC(=O)[C@@H](CC(=O)CC(C)(O)c1ccc(Cl)cc1)CC(C)C. The quantitative estimate of drug-likeness (QED) is 0.384. The largest absolute Gasteiger partial charge is 0.467 e. The zero-order valence-electron chi connectivity index (χ0n) is 20.2. The van der Waals surface area contributed by atoms with Gasteiger partial charge in [0.25, 0.3) is 0 Å². The summed E-state index contributed by atoms with van der Waals surface area (Å²) >= 11 is 5.91. The van der Waals surface area contributed by atoms with Crippen LogP contribution in [-0.4, -0.2) is 48.4 Å². The Morgan fingerprint density at radius 3 is 2.44 bits per heavy atom. The van der Waals surface area contributed by atoms with E-state index in [9.17, 15) is 24.3 Å². The van der Waals surface area contributed by atoms with Crippen LogP contribution in [0.3, 0.4) is 0 Å². The molecule has 1 aliphatic rings. The molecule has 1 heterocycles. The van der Waals surface area contributed by atoms with Crippen LogP contribution in [-0.2, 0) is 29.5 Å². The molecule has 0 aromatic heterocycles. The lowest BCUT2D eigenvalue weighted by molar-refractivity contribution is -0.146. The molecule has 1 unspecified atom stereocenters. The maximum absolute atomic E-state index is 13.1. The van der Waals surface area contributed by atoms with Gasteiger partial charge in [-0.25, -0.2) is 4.79 Å². The first-order valence-corrected chi connectivity index (χ1v) is 12.0. The van der Waals surface area contributed by atoms with E-state index in [-0.39, 0.29) is 42.8 Å². The first-order valence-electron chi connectivity index (χ1n) is 11.6. The number of aliphatic hydroxyl groups is 1. The smallest absolute Gasteiger partial charge is 0.328 e. The number of nitrogens with one attached hydrogen (secondary N) is 2. The molecule has 0 aliphatic carbocycles. The molecule has 2 rings (SSSR count). The topological polar surface area (TPSA) is 122 Å². The molecule has 0 saturated carbocycles. The van der Waals surface area contributed by atoms with E-state index in [4.69, 9.17) is 16.3 Å². The molecule has 0 bridgehead atoms. The number of ketones is 1. The van der Waals surface area contributed by atoms with Gasteiger partial charge in [0, 0.05) is 36.2 Å². The molecule has 0 radical (unpaired) electrons. The van der Waals surface area contributed by atoms with Crippen molar-refractivity contribution >= 4 is 35.2 Å². The molecule has 4 atom stereocenters. The highest BCUT2D eigenvalue weighted by molar-refractivity contribution is 6.30. The number of methoxy groups -OCH3 is 1. The van der Waals surface area contributed by atoms with Crippen LogP contribution in [0.4, 0.5) is 0 Å². The van der Waals surface area contributed by atoms with E-state index in [1.54, 1.807) is 31.2 Å². The van der Waals surface area contributed by atoms with E-state index in [1.807, 2.05) is 13.8 Å². The Balaban J connectivity index is 2.09. The van der Waals surface area contributed by atoms with Gasteiger partial charge in [-0.3, -0.25) is 14.4 Å². The lowest BCUT2D eigenvalue weighted by atomic mass is 9.85. The molecule has 0 spiro atoms. The second kappa shape index (κ2) is 12.3. The second-order valence-electron chi connectivity index (χ2n) is 9.62. The molecule has 8 nitrogen and oxygen atoms in total. The van der Waals surface area contributed by atoms with E-state index in [1.165, 1.54) is 7.11 Å². The summed E-state index contributed by atoms with van der Waals surface area (Å²) in [5.74, 6) is -2.44. The number of carbonyl (C=O) groups excluding carboxylic acids is 4. The van der Waals surface area contributed by atoms with Gasteiger partial charge in [-0.05, 0) is 49.8 Å². The number of benzene rings is 1. The molecule has 188 valence electrons. The molecule has 1 aromatic carbocycles. The number of carbonyl (C=O) groups is 4. The average molecular weight is 495 g/mol. The van der Waals surface area contributed by atoms with Crippen molar-refractivity contribution < 1.29 is 29.0 Å². The van der Waals surface area contributed by atoms with Crippen LogP contribution in [0.1, 0.15) is 58.4 Å². The molecule has 3 N–H and O–H groups in total. The Morgan fingerprint density at radius 2 is 1.91 bits per heavy atom. The fraction of sp³-hybridized carbons (Fsp3) is 0.600. The number of hydrogen-bond acceptors (Lipinski definition) is 6. The standard InChI is InChI=1S/C25H35ClN2O6/c1-15(2)11-17(12-20(29)14-25(3,33)18-5-7-19(26)8-6-18)23(31)28-21(24(32)34-4)13-16-9-10-27-22(16)30/h5-8,15-17,21,33H,9-14H2,1-4H3,(H,27,30)(H,28,31)/t16-,17+,21-,25?/m0/s1. The summed E-state index contributed by atoms with van der Waals surface area (Å²) in [7, 11) is 1.23. The summed E-state index contributed by atoms with van der Waals surface area (Å²) in [5, 5.41) is 16.8. The highest BCUT2D eigenvalue weighted by Gasteiger charge is 2.35. The number of Topliss-reactive ketones (excluding diaryl/α,β-unsaturated/α-hetero) is 1. The van der Waals surface area contributed by atoms with E-state index in [2.05, 4.69) is 10.6 Å². The van der Waals surface area contributed by atoms with Gasteiger partial charge in [0.1, 0.15) is 11.8 Å². The lowest BCUT2D eigenvalue weighted by Gasteiger charge is -2.26. The fourth-order valence-electron chi connectivity index (χ4n) is 4.29.